The van der Waals surface area contributed by atoms with E-state index in [1.165, 1.54) is 0 Å². The smallest absolute Gasteiger partial charge is 0.175 e. The summed E-state index contributed by atoms with van der Waals surface area (Å²) in [6, 6.07) is 5.75. The van der Waals surface area contributed by atoms with E-state index in [0.29, 0.717) is 30.6 Å². The summed E-state index contributed by atoms with van der Waals surface area (Å²) in [4.78, 5) is 0. The third-order valence-corrected chi connectivity index (χ3v) is 3.55. The fourth-order valence-electron chi connectivity index (χ4n) is 1.79. The van der Waals surface area contributed by atoms with Gasteiger partial charge in [0.2, 0.25) is 0 Å². The Morgan fingerprint density at radius 2 is 2.15 bits per heavy atom. The van der Waals surface area contributed by atoms with Gasteiger partial charge in [0, 0.05) is 19.1 Å². The first kappa shape index (κ1) is 15.2. The molecule has 0 atom stereocenters. The van der Waals surface area contributed by atoms with Crippen molar-refractivity contribution in [2.24, 2.45) is 7.05 Å². The monoisotopic (exact) mass is 358 g/mol. The molecule has 6 heteroatoms. The van der Waals surface area contributed by atoms with Gasteiger partial charge in [0.05, 0.1) is 16.8 Å². The summed E-state index contributed by atoms with van der Waals surface area (Å²) < 4.78 is 14.0. The normalized spacial score (nSPS) is 10.6. The molecule has 1 aromatic heterocycles. The second kappa shape index (κ2) is 6.99. The van der Waals surface area contributed by atoms with Gasteiger partial charge in [0.15, 0.2) is 11.5 Å². The molecule has 0 saturated heterocycles. The number of nitrogens with zero attached hydrogens (tertiary/aromatic N) is 2. The number of ether oxygens (including phenoxy) is 2. The van der Waals surface area contributed by atoms with Crippen molar-refractivity contribution in [1.29, 1.82) is 0 Å². The van der Waals surface area contributed by atoms with Crippen LogP contribution in [0.4, 0.5) is 0 Å². The molecule has 0 amide bonds. The minimum absolute atomic E-state index is 0.389. The molecule has 0 spiro atoms. The Morgan fingerprint density at radius 3 is 2.75 bits per heavy atom. The predicted octanol–water partition coefficient (Wildman–Crippen LogP) is 3.90. The van der Waals surface area contributed by atoms with Crippen LogP contribution in [0.25, 0.3) is 0 Å². The molecule has 0 aliphatic rings. The molecule has 0 fully saturated rings. The first-order chi connectivity index (χ1) is 9.63. The average Bonchev–Trinajstić information content (AvgIpc) is 2.83. The number of halogens is 2. The van der Waals surface area contributed by atoms with Crippen molar-refractivity contribution < 1.29 is 9.47 Å². The van der Waals surface area contributed by atoms with E-state index in [2.05, 4.69) is 21.0 Å². The van der Waals surface area contributed by atoms with Crippen LogP contribution in [0.1, 0.15) is 18.2 Å². The Kier molecular flexibility index (Phi) is 5.31. The van der Waals surface area contributed by atoms with Gasteiger partial charge in [-0.05, 0) is 46.6 Å². The lowest BCUT2D eigenvalue weighted by Crippen LogP contribution is -2.02. The molecule has 0 aliphatic carbocycles. The summed E-state index contributed by atoms with van der Waals surface area (Å²) in [5.74, 6) is 1.79. The molecular weight excluding hydrogens is 344 g/mol. The number of rotatable bonds is 6. The number of benzene rings is 1. The molecule has 0 bridgehead atoms. The lowest BCUT2D eigenvalue weighted by atomic mass is 10.2. The summed E-state index contributed by atoms with van der Waals surface area (Å²) in [6.07, 6.45) is 1.88. The topological polar surface area (TPSA) is 36.3 Å². The molecule has 1 heterocycles. The molecule has 0 unspecified atom stereocenters. The third kappa shape index (κ3) is 3.67. The summed E-state index contributed by atoms with van der Waals surface area (Å²) in [7, 11) is 1.88. The van der Waals surface area contributed by atoms with Gasteiger partial charge in [-0.15, -0.1) is 11.6 Å². The first-order valence-electron chi connectivity index (χ1n) is 6.26. The SMILES string of the molecule is CCOc1cc(CCl)cc(Br)c1OCc1ccn(C)n1. The molecular formula is C14H16BrClN2O2. The first-order valence-corrected chi connectivity index (χ1v) is 7.59. The molecule has 108 valence electrons. The fourth-order valence-corrected chi connectivity index (χ4v) is 2.55. The number of hydrogen-bond acceptors (Lipinski definition) is 3. The predicted molar refractivity (Wildman–Crippen MR) is 82.4 cm³/mol. The third-order valence-electron chi connectivity index (χ3n) is 2.66. The van der Waals surface area contributed by atoms with Crippen LogP contribution in [0, 0.1) is 0 Å². The lowest BCUT2D eigenvalue weighted by Gasteiger charge is -2.14. The number of aromatic nitrogens is 2. The number of aryl methyl sites for hydroxylation is 1. The molecule has 1 aromatic carbocycles. The van der Waals surface area contributed by atoms with E-state index in [4.69, 9.17) is 21.1 Å². The van der Waals surface area contributed by atoms with Crippen molar-refractivity contribution >= 4 is 27.5 Å². The number of hydrogen-bond donors (Lipinski definition) is 0. The Bertz CT molecular complexity index is 587. The van der Waals surface area contributed by atoms with Crippen molar-refractivity contribution in [1.82, 2.24) is 9.78 Å². The van der Waals surface area contributed by atoms with Crippen LogP contribution in [0.2, 0.25) is 0 Å². The van der Waals surface area contributed by atoms with Crippen LogP contribution in [0.5, 0.6) is 11.5 Å². The van der Waals surface area contributed by atoms with Gasteiger partial charge in [0.25, 0.3) is 0 Å². The average molecular weight is 360 g/mol. The van der Waals surface area contributed by atoms with Gasteiger partial charge >= 0.3 is 0 Å². The van der Waals surface area contributed by atoms with E-state index in [0.717, 1.165) is 15.7 Å². The Balaban J connectivity index is 2.20. The maximum absolute atomic E-state index is 5.87. The fraction of sp³-hybridized carbons (Fsp3) is 0.357. The van der Waals surface area contributed by atoms with Crippen molar-refractivity contribution in [2.45, 2.75) is 19.4 Å². The van der Waals surface area contributed by atoms with E-state index in [9.17, 15) is 0 Å². The zero-order chi connectivity index (χ0) is 14.5. The van der Waals surface area contributed by atoms with Gasteiger partial charge in [-0.1, -0.05) is 0 Å². The zero-order valence-electron chi connectivity index (χ0n) is 11.4. The van der Waals surface area contributed by atoms with Crippen LogP contribution < -0.4 is 9.47 Å². The maximum atomic E-state index is 5.87. The molecule has 0 saturated carbocycles. The quantitative estimate of drug-likeness (QED) is 0.734. The second-order valence-corrected chi connectivity index (χ2v) is 5.36. The highest BCUT2D eigenvalue weighted by Gasteiger charge is 2.12. The van der Waals surface area contributed by atoms with E-state index < -0.39 is 0 Å². The van der Waals surface area contributed by atoms with E-state index in [1.54, 1.807) is 4.68 Å². The minimum atomic E-state index is 0.389. The highest BCUT2D eigenvalue weighted by Crippen LogP contribution is 2.37. The van der Waals surface area contributed by atoms with E-state index >= 15 is 0 Å². The number of alkyl halides is 1. The van der Waals surface area contributed by atoms with Gasteiger partial charge in [-0.25, -0.2) is 0 Å². The molecule has 0 aliphatic heterocycles. The van der Waals surface area contributed by atoms with Crippen molar-refractivity contribution in [3.8, 4) is 11.5 Å². The van der Waals surface area contributed by atoms with Crippen LogP contribution in [0.15, 0.2) is 28.9 Å². The van der Waals surface area contributed by atoms with Crippen molar-refractivity contribution in [3.05, 3.63) is 40.1 Å². The molecule has 4 nitrogen and oxygen atoms in total. The molecule has 20 heavy (non-hydrogen) atoms. The Morgan fingerprint density at radius 1 is 1.35 bits per heavy atom. The van der Waals surface area contributed by atoms with E-state index in [1.807, 2.05) is 38.4 Å². The molecule has 0 N–H and O–H groups in total. The van der Waals surface area contributed by atoms with Crippen LogP contribution in [0.3, 0.4) is 0 Å². The summed E-state index contributed by atoms with van der Waals surface area (Å²) >= 11 is 9.37. The zero-order valence-corrected chi connectivity index (χ0v) is 13.7. The largest absolute Gasteiger partial charge is 0.490 e. The van der Waals surface area contributed by atoms with Gasteiger partial charge < -0.3 is 9.47 Å². The molecule has 2 aromatic rings. The molecule has 0 radical (unpaired) electrons. The highest BCUT2D eigenvalue weighted by atomic mass is 79.9. The van der Waals surface area contributed by atoms with Crippen LogP contribution in [-0.2, 0) is 19.5 Å². The summed E-state index contributed by atoms with van der Waals surface area (Å²) in [6.45, 7) is 2.89. The minimum Gasteiger partial charge on any atom is -0.490 e. The maximum Gasteiger partial charge on any atom is 0.175 e. The standard InChI is InChI=1S/C14H16BrClN2O2/c1-3-19-13-7-10(8-16)6-12(15)14(13)20-9-11-4-5-18(2)17-11/h4-7H,3,8-9H2,1-2H3. The molecule has 2 rings (SSSR count). The Hall–Kier alpha value is -1.20. The van der Waals surface area contributed by atoms with Gasteiger partial charge in [-0.2, -0.15) is 5.10 Å². The van der Waals surface area contributed by atoms with Gasteiger partial charge in [-0.3, -0.25) is 4.68 Å². The lowest BCUT2D eigenvalue weighted by molar-refractivity contribution is 0.264. The summed E-state index contributed by atoms with van der Waals surface area (Å²) in [5, 5.41) is 4.28. The van der Waals surface area contributed by atoms with E-state index in [-0.39, 0.29) is 0 Å². The summed E-state index contributed by atoms with van der Waals surface area (Å²) in [5.41, 5.74) is 1.84. The van der Waals surface area contributed by atoms with Crippen molar-refractivity contribution in [3.63, 3.8) is 0 Å². The van der Waals surface area contributed by atoms with Gasteiger partial charge in [0.1, 0.15) is 6.61 Å². The highest BCUT2D eigenvalue weighted by molar-refractivity contribution is 9.10. The van der Waals surface area contributed by atoms with Crippen molar-refractivity contribution in [2.75, 3.05) is 6.61 Å². The van der Waals surface area contributed by atoms with Crippen LogP contribution in [-0.4, -0.2) is 16.4 Å². The Labute approximate surface area is 131 Å². The second-order valence-electron chi connectivity index (χ2n) is 4.24. The van der Waals surface area contributed by atoms with Crippen LogP contribution >= 0.6 is 27.5 Å².